The molecule has 0 fully saturated rings. The predicted molar refractivity (Wildman–Crippen MR) is 120 cm³/mol. The van der Waals surface area contributed by atoms with Crippen molar-refractivity contribution < 1.29 is 9.18 Å². The number of carbonyl (C=O) groups is 1. The number of aromatic amines is 2. The molecule has 1 aromatic carbocycles. The normalized spacial score (nSPS) is 12.1. The van der Waals surface area contributed by atoms with Crippen molar-refractivity contribution in [3.05, 3.63) is 82.3 Å². The van der Waals surface area contributed by atoms with Gasteiger partial charge in [0.1, 0.15) is 17.2 Å². The van der Waals surface area contributed by atoms with Crippen LogP contribution >= 0.6 is 11.8 Å². The number of nitrogens with zero attached hydrogens (tertiary/aromatic N) is 2. The van der Waals surface area contributed by atoms with Gasteiger partial charge < -0.3 is 15.3 Å². The molecule has 0 aliphatic carbocycles. The summed E-state index contributed by atoms with van der Waals surface area (Å²) in [5.74, 6) is 0.363. The van der Waals surface area contributed by atoms with Crippen LogP contribution in [0.25, 0.3) is 22.4 Å². The van der Waals surface area contributed by atoms with Crippen LogP contribution in [0.3, 0.4) is 0 Å². The number of fused-ring (bicyclic) bond motifs is 1. The minimum Gasteiger partial charge on any atom is -0.350 e. The number of pyridine rings is 1. The molecule has 31 heavy (non-hydrogen) atoms. The average Bonchev–Trinajstić information content (AvgIpc) is 3.20. The van der Waals surface area contributed by atoms with Crippen LogP contribution in [-0.2, 0) is 0 Å². The van der Waals surface area contributed by atoms with Crippen LogP contribution in [-0.4, -0.2) is 37.9 Å². The molecule has 1 unspecified atom stereocenters. The van der Waals surface area contributed by atoms with Crippen molar-refractivity contribution in [3.8, 4) is 11.5 Å². The monoisotopic (exact) mass is 437 g/mol. The summed E-state index contributed by atoms with van der Waals surface area (Å²) in [6, 6.07) is 12.2. The van der Waals surface area contributed by atoms with Gasteiger partial charge in [0.05, 0.1) is 11.7 Å². The Hall–Kier alpha value is -3.46. The molecule has 3 N–H and O–H groups in total. The maximum absolute atomic E-state index is 13.5. The fraction of sp³-hybridized carbons (Fsp3) is 0.182. The number of carbonyl (C=O) groups excluding carboxylic acids is 1. The molecule has 9 heteroatoms. The largest absolute Gasteiger partial charge is 0.350 e. The van der Waals surface area contributed by atoms with Gasteiger partial charge in [-0.1, -0.05) is 6.07 Å². The third-order valence-electron chi connectivity index (χ3n) is 4.77. The minimum absolute atomic E-state index is 0.310. The van der Waals surface area contributed by atoms with Crippen molar-refractivity contribution in [2.45, 2.75) is 12.5 Å². The summed E-state index contributed by atoms with van der Waals surface area (Å²) in [7, 11) is 0. The second-order valence-corrected chi connectivity index (χ2v) is 7.94. The van der Waals surface area contributed by atoms with Crippen LogP contribution in [0.1, 0.15) is 28.6 Å². The highest BCUT2D eigenvalue weighted by Gasteiger charge is 2.20. The molecule has 0 spiro atoms. The van der Waals surface area contributed by atoms with E-state index in [1.54, 1.807) is 48.3 Å². The van der Waals surface area contributed by atoms with Gasteiger partial charge in [-0.25, -0.2) is 9.37 Å². The van der Waals surface area contributed by atoms with Crippen LogP contribution in [0.2, 0.25) is 0 Å². The van der Waals surface area contributed by atoms with Crippen molar-refractivity contribution >= 4 is 28.6 Å². The van der Waals surface area contributed by atoms with Gasteiger partial charge in [0, 0.05) is 23.2 Å². The first-order valence-electron chi connectivity index (χ1n) is 9.64. The molecule has 0 aliphatic rings. The number of hydrogen-bond donors (Lipinski definition) is 3. The lowest BCUT2D eigenvalue weighted by molar-refractivity contribution is 0.0930. The number of hydrogen-bond acceptors (Lipinski definition) is 5. The third-order valence-corrected chi connectivity index (χ3v) is 5.42. The van der Waals surface area contributed by atoms with Gasteiger partial charge in [-0.2, -0.15) is 11.8 Å². The molecule has 0 bridgehead atoms. The summed E-state index contributed by atoms with van der Waals surface area (Å²) in [6.45, 7) is 0. The molecular weight excluding hydrogens is 417 g/mol. The summed E-state index contributed by atoms with van der Waals surface area (Å²) in [6.07, 6.45) is 4.17. The Morgan fingerprint density at radius 2 is 2.06 bits per heavy atom. The lowest BCUT2D eigenvalue weighted by atomic mass is 10.1. The number of benzene rings is 1. The fourth-order valence-corrected chi connectivity index (χ4v) is 3.74. The number of rotatable bonds is 7. The predicted octanol–water partition coefficient (Wildman–Crippen LogP) is 3.68. The molecule has 0 saturated heterocycles. The SMILES string of the molecule is CSCCC(NC(=O)c1cc2ccc(F)cc2[nH]1)c1cc(=O)[nH]c(-c2ccccn2)n1. The van der Waals surface area contributed by atoms with Gasteiger partial charge in [-0.05, 0) is 54.8 Å². The molecule has 7 nitrogen and oxygen atoms in total. The van der Waals surface area contributed by atoms with E-state index >= 15 is 0 Å². The Balaban J connectivity index is 1.64. The zero-order valence-corrected chi connectivity index (χ0v) is 17.5. The maximum Gasteiger partial charge on any atom is 0.268 e. The van der Waals surface area contributed by atoms with E-state index in [9.17, 15) is 14.0 Å². The zero-order chi connectivity index (χ0) is 21.8. The maximum atomic E-state index is 13.5. The highest BCUT2D eigenvalue weighted by molar-refractivity contribution is 7.98. The second-order valence-electron chi connectivity index (χ2n) is 6.96. The standard InChI is InChI=1S/C22H20FN5O2S/c1-31-9-7-15(18-12-20(29)28-21(26-18)16-4-2-3-8-24-16)27-22(30)19-10-13-5-6-14(23)11-17(13)25-19/h2-6,8,10-12,15,25H,7,9H2,1H3,(H,27,30)(H,26,28,29). The Morgan fingerprint density at radius 1 is 1.19 bits per heavy atom. The van der Waals surface area contributed by atoms with Gasteiger partial charge >= 0.3 is 0 Å². The van der Waals surface area contributed by atoms with E-state index in [0.29, 0.717) is 34.8 Å². The molecule has 3 aromatic heterocycles. The van der Waals surface area contributed by atoms with E-state index in [4.69, 9.17) is 0 Å². The van der Waals surface area contributed by atoms with Gasteiger partial charge in [0.15, 0.2) is 5.82 Å². The van der Waals surface area contributed by atoms with E-state index in [1.807, 2.05) is 6.26 Å². The molecule has 3 heterocycles. The summed E-state index contributed by atoms with van der Waals surface area (Å²) in [5.41, 5.74) is 1.51. The molecule has 0 radical (unpaired) electrons. The summed E-state index contributed by atoms with van der Waals surface area (Å²) < 4.78 is 13.5. The molecule has 0 aliphatic heterocycles. The number of halogens is 1. The van der Waals surface area contributed by atoms with Gasteiger partial charge in [0.2, 0.25) is 0 Å². The molecular formula is C22H20FN5O2S. The molecule has 1 atom stereocenters. The van der Waals surface area contributed by atoms with Crippen molar-refractivity contribution in [2.24, 2.45) is 0 Å². The van der Waals surface area contributed by atoms with Crippen molar-refractivity contribution in [1.82, 2.24) is 25.3 Å². The summed E-state index contributed by atoms with van der Waals surface area (Å²) in [4.78, 5) is 39.6. The van der Waals surface area contributed by atoms with E-state index < -0.39 is 6.04 Å². The Morgan fingerprint density at radius 3 is 2.84 bits per heavy atom. The number of aromatic nitrogens is 4. The lowest BCUT2D eigenvalue weighted by Crippen LogP contribution is -2.31. The minimum atomic E-state index is -0.479. The van der Waals surface area contributed by atoms with Crippen LogP contribution in [0.15, 0.2) is 59.5 Å². The highest BCUT2D eigenvalue weighted by Crippen LogP contribution is 2.21. The molecule has 158 valence electrons. The smallest absolute Gasteiger partial charge is 0.268 e. The van der Waals surface area contributed by atoms with Crippen molar-refractivity contribution in [3.63, 3.8) is 0 Å². The van der Waals surface area contributed by atoms with Crippen LogP contribution < -0.4 is 10.9 Å². The van der Waals surface area contributed by atoms with Crippen molar-refractivity contribution in [2.75, 3.05) is 12.0 Å². The zero-order valence-electron chi connectivity index (χ0n) is 16.7. The first kappa shape index (κ1) is 20.8. The van der Waals surface area contributed by atoms with Crippen LogP contribution in [0.4, 0.5) is 4.39 Å². The second kappa shape index (κ2) is 9.13. The lowest BCUT2D eigenvalue weighted by Gasteiger charge is -2.18. The van der Waals surface area contributed by atoms with Crippen molar-refractivity contribution in [1.29, 1.82) is 0 Å². The Bertz CT molecular complexity index is 1270. The Kier molecular flexibility index (Phi) is 6.13. The first-order chi connectivity index (χ1) is 15.0. The van der Waals surface area contributed by atoms with Gasteiger partial charge in [0.25, 0.3) is 11.5 Å². The first-order valence-corrected chi connectivity index (χ1v) is 11.0. The summed E-state index contributed by atoms with van der Waals surface area (Å²) >= 11 is 1.63. The average molecular weight is 438 g/mol. The summed E-state index contributed by atoms with van der Waals surface area (Å²) in [5, 5.41) is 3.69. The molecule has 1 amide bonds. The quantitative estimate of drug-likeness (QED) is 0.409. The number of nitrogens with one attached hydrogen (secondary N) is 3. The Labute approximate surface area is 181 Å². The molecule has 0 saturated carbocycles. The van der Waals surface area contributed by atoms with Crippen LogP contribution in [0.5, 0.6) is 0 Å². The number of thioether (sulfide) groups is 1. The van der Waals surface area contributed by atoms with E-state index in [1.165, 1.54) is 18.2 Å². The highest BCUT2D eigenvalue weighted by atomic mass is 32.2. The topological polar surface area (TPSA) is 104 Å². The third kappa shape index (κ3) is 4.83. The number of amides is 1. The van der Waals surface area contributed by atoms with E-state index in [-0.39, 0.29) is 17.3 Å². The van der Waals surface area contributed by atoms with E-state index in [0.717, 1.165) is 11.1 Å². The number of H-pyrrole nitrogens is 2. The van der Waals surface area contributed by atoms with Gasteiger partial charge in [-0.3, -0.25) is 14.6 Å². The van der Waals surface area contributed by atoms with Crippen LogP contribution in [0, 0.1) is 5.82 Å². The molecule has 4 aromatic rings. The van der Waals surface area contributed by atoms with E-state index in [2.05, 4.69) is 25.3 Å². The molecule has 4 rings (SSSR count). The fourth-order valence-electron chi connectivity index (χ4n) is 3.27. The van der Waals surface area contributed by atoms with Gasteiger partial charge in [-0.15, -0.1) is 0 Å².